The standard InChI is InChI=1S/C24H23NO3/c1-27-19-12-13-20-18(16-19)14-15-25(23(20)17-8-4-3-5-9-17)24(26)21-10-6-7-11-22(21)28-2/h3-13,16,23H,14-15H2,1-2H3. The number of amides is 1. The molecule has 4 rings (SSSR count). The predicted octanol–water partition coefficient (Wildman–Crippen LogP) is 4.49. The van der Waals surface area contributed by atoms with E-state index in [2.05, 4.69) is 24.3 Å². The van der Waals surface area contributed by atoms with Gasteiger partial charge >= 0.3 is 0 Å². The van der Waals surface area contributed by atoms with E-state index in [9.17, 15) is 4.79 Å². The second-order valence-corrected chi connectivity index (χ2v) is 6.83. The first-order valence-corrected chi connectivity index (χ1v) is 9.38. The number of hydrogen-bond donors (Lipinski definition) is 0. The quantitative estimate of drug-likeness (QED) is 0.676. The highest BCUT2D eigenvalue weighted by molar-refractivity contribution is 5.97. The molecule has 1 aliphatic rings. The van der Waals surface area contributed by atoms with Gasteiger partial charge in [-0.3, -0.25) is 4.79 Å². The van der Waals surface area contributed by atoms with Gasteiger partial charge in [0.15, 0.2) is 0 Å². The molecule has 0 spiro atoms. The molecule has 0 N–H and O–H groups in total. The Kier molecular flexibility index (Phi) is 5.02. The number of carbonyl (C=O) groups is 1. The lowest BCUT2D eigenvalue weighted by Crippen LogP contribution is -2.40. The minimum atomic E-state index is -0.145. The Hall–Kier alpha value is -3.27. The van der Waals surface area contributed by atoms with Gasteiger partial charge in [0.05, 0.1) is 25.8 Å². The molecule has 28 heavy (non-hydrogen) atoms. The maximum atomic E-state index is 13.5. The minimum absolute atomic E-state index is 0.0206. The molecule has 142 valence electrons. The van der Waals surface area contributed by atoms with Crippen molar-refractivity contribution in [3.8, 4) is 11.5 Å². The van der Waals surface area contributed by atoms with Crippen LogP contribution in [0.2, 0.25) is 0 Å². The summed E-state index contributed by atoms with van der Waals surface area (Å²) in [5.74, 6) is 1.42. The van der Waals surface area contributed by atoms with Crippen molar-refractivity contribution >= 4 is 5.91 Å². The van der Waals surface area contributed by atoms with Gasteiger partial charge in [0.25, 0.3) is 5.91 Å². The Bertz CT molecular complexity index is 984. The van der Waals surface area contributed by atoms with Crippen molar-refractivity contribution in [1.29, 1.82) is 0 Å². The Labute approximate surface area is 165 Å². The zero-order chi connectivity index (χ0) is 19.5. The van der Waals surface area contributed by atoms with Crippen LogP contribution in [0.15, 0.2) is 72.8 Å². The fraction of sp³-hybridized carbons (Fsp3) is 0.208. The molecule has 3 aromatic carbocycles. The molecule has 1 amide bonds. The van der Waals surface area contributed by atoms with Crippen molar-refractivity contribution in [2.75, 3.05) is 20.8 Å². The summed E-state index contributed by atoms with van der Waals surface area (Å²) < 4.78 is 10.8. The zero-order valence-electron chi connectivity index (χ0n) is 16.1. The first-order valence-electron chi connectivity index (χ1n) is 9.38. The Morgan fingerprint density at radius 1 is 0.929 bits per heavy atom. The summed E-state index contributed by atoms with van der Waals surface area (Å²) in [7, 11) is 3.27. The summed E-state index contributed by atoms with van der Waals surface area (Å²) in [6.45, 7) is 0.636. The maximum Gasteiger partial charge on any atom is 0.258 e. The van der Waals surface area contributed by atoms with Crippen molar-refractivity contribution < 1.29 is 14.3 Å². The van der Waals surface area contributed by atoms with E-state index < -0.39 is 0 Å². The molecule has 0 radical (unpaired) electrons. The molecule has 0 aliphatic carbocycles. The molecule has 1 atom stereocenters. The van der Waals surface area contributed by atoms with Crippen molar-refractivity contribution in [2.24, 2.45) is 0 Å². The fourth-order valence-electron chi connectivity index (χ4n) is 3.92. The lowest BCUT2D eigenvalue weighted by Gasteiger charge is -2.38. The zero-order valence-corrected chi connectivity index (χ0v) is 16.1. The van der Waals surface area contributed by atoms with Gasteiger partial charge in [0.1, 0.15) is 11.5 Å². The van der Waals surface area contributed by atoms with E-state index in [1.54, 1.807) is 14.2 Å². The van der Waals surface area contributed by atoms with E-state index in [1.165, 1.54) is 5.56 Å². The first kappa shape index (κ1) is 18.1. The van der Waals surface area contributed by atoms with Crippen LogP contribution in [0, 0.1) is 0 Å². The van der Waals surface area contributed by atoms with E-state index in [0.29, 0.717) is 17.9 Å². The van der Waals surface area contributed by atoms with Crippen molar-refractivity contribution in [2.45, 2.75) is 12.5 Å². The van der Waals surface area contributed by atoms with Crippen LogP contribution in [0.3, 0.4) is 0 Å². The monoisotopic (exact) mass is 373 g/mol. The third-order valence-electron chi connectivity index (χ3n) is 5.29. The number of methoxy groups -OCH3 is 2. The number of rotatable bonds is 4. The SMILES string of the molecule is COc1ccc2c(c1)CCN(C(=O)c1ccccc1OC)C2c1ccccc1. The summed E-state index contributed by atoms with van der Waals surface area (Å²) in [5, 5.41) is 0. The maximum absolute atomic E-state index is 13.5. The lowest BCUT2D eigenvalue weighted by atomic mass is 9.87. The van der Waals surface area contributed by atoms with Gasteiger partial charge in [0.2, 0.25) is 0 Å². The molecular formula is C24H23NO3. The van der Waals surface area contributed by atoms with E-state index in [0.717, 1.165) is 23.3 Å². The van der Waals surface area contributed by atoms with E-state index >= 15 is 0 Å². The third kappa shape index (κ3) is 3.22. The summed E-state index contributed by atoms with van der Waals surface area (Å²) in [4.78, 5) is 15.5. The Morgan fingerprint density at radius 2 is 1.68 bits per heavy atom. The van der Waals surface area contributed by atoms with Gasteiger partial charge in [-0.1, -0.05) is 48.5 Å². The number of hydrogen-bond acceptors (Lipinski definition) is 3. The van der Waals surface area contributed by atoms with Gasteiger partial charge in [-0.15, -0.1) is 0 Å². The van der Waals surface area contributed by atoms with Gasteiger partial charge in [0, 0.05) is 6.54 Å². The van der Waals surface area contributed by atoms with E-state index in [1.807, 2.05) is 53.4 Å². The average molecular weight is 373 g/mol. The Balaban J connectivity index is 1.81. The van der Waals surface area contributed by atoms with E-state index in [4.69, 9.17) is 9.47 Å². The molecule has 0 aromatic heterocycles. The van der Waals surface area contributed by atoms with Crippen molar-refractivity contribution in [3.05, 3.63) is 95.1 Å². The van der Waals surface area contributed by atoms with Crippen LogP contribution in [-0.4, -0.2) is 31.6 Å². The highest BCUT2D eigenvalue weighted by Gasteiger charge is 2.33. The highest BCUT2D eigenvalue weighted by Crippen LogP contribution is 2.38. The van der Waals surface area contributed by atoms with Gasteiger partial charge < -0.3 is 14.4 Å². The molecule has 0 saturated heterocycles. The van der Waals surface area contributed by atoms with E-state index in [-0.39, 0.29) is 11.9 Å². The molecule has 1 aliphatic heterocycles. The average Bonchev–Trinajstić information content (AvgIpc) is 2.77. The first-order chi connectivity index (χ1) is 13.7. The van der Waals surface area contributed by atoms with Crippen LogP contribution in [-0.2, 0) is 6.42 Å². The smallest absolute Gasteiger partial charge is 0.258 e. The topological polar surface area (TPSA) is 38.8 Å². The van der Waals surface area contributed by atoms with Crippen LogP contribution in [0.25, 0.3) is 0 Å². The summed E-state index contributed by atoms with van der Waals surface area (Å²) in [6.07, 6.45) is 0.788. The second kappa shape index (κ2) is 7.77. The van der Waals surface area contributed by atoms with Gasteiger partial charge in [-0.05, 0) is 47.4 Å². The normalized spacial score (nSPS) is 15.6. The molecular weight excluding hydrogens is 350 g/mol. The molecule has 0 fully saturated rings. The number of ether oxygens (including phenoxy) is 2. The third-order valence-corrected chi connectivity index (χ3v) is 5.29. The van der Waals surface area contributed by atoms with Crippen LogP contribution >= 0.6 is 0 Å². The van der Waals surface area contributed by atoms with Crippen LogP contribution in [0.5, 0.6) is 11.5 Å². The molecule has 1 heterocycles. The van der Waals surface area contributed by atoms with Crippen molar-refractivity contribution in [3.63, 3.8) is 0 Å². The summed E-state index contributed by atoms with van der Waals surface area (Å²) in [5.41, 5.74) is 4.04. The number of carbonyl (C=O) groups excluding carboxylic acids is 1. The van der Waals surface area contributed by atoms with Crippen LogP contribution < -0.4 is 9.47 Å². The van der Waals surface area contributed by atoms with Crippen LogP contribution in [0.1, 0.15) is 33.1 Å². The fourth-order valence-corrected chi connectivity index (χ4v) is 3.92. The molecule has 4 nitrogen and oxygen atoms in total. The molecule has 0 bridgehead atoms. The predicted molar refractivity (Wildman–Crippen MR) is 109 cm³/mol. The summed E-state index contributed by atoms with van der Waals surface area (Å²) in [6, 6.07) is 23.5. The molecule has 3 aromatic rings. The molecule has 4 heteroatoms. The number of para-hydroxylation sites is 1. The highest BCUT2D eigenvalue weighted by atomic mass is 16.5. The number of nitrogens with zero attached hydrogens (tertiary/aromatic N) is 1. The molecule has 1 unspecified atom stereocenters. The molecule has 0 saturated carbocycles. The second-order valence-electron chi connectivity index (χ2n) is 6.83. The largest absolute Gasteiger partial charge is 0.497 e. The van der Waals surface area contributed by atoms with Gasteiger partial charge in [-0.2, -0.15) is 0 Å². The number of benzene rings is 3. The summed E-state index contributed by atoms with van der Waals surface area (Å²) >= 11 is 0. The van der Waals surface area contributed by atoms with Gasteiger partial charge in [-0.25, -0.2) is 0 Å². The Morgan fingerprint density at radius 3 is 2.43 bits per heavy atom. The number of fused-ring (bicyclic) bond motifs is 1. The lowest BCUT2D eigenvalue weighted by molar-refractivity contribution is 0.0691. The van der Waals surface area contributed by atoms with Crippen molar-refractivity contribution in [1.82, 2.24) is 4.90 Å². The minimum Gasteiger partial charge on any atom is -0.497 e. The van der Waals surface area contributed by atoms with Crippen LogP contribution in [0.4, 0.5) is 0 Å².